The molecule has 2 aromatic carbocycles. The number of hydrogen-bond donors (Lipinski definition) is 0. The fourth-order valence-corrected chi connectivity index (χ4v) is 2.53. The minimum atomic E-state index is -4.54. The number of nitrogens with zero attached hydrogens (tertiary/aromatic N) is 2. The van der Waals surface area contributed by atoms with E-state index < -0.39 is 29.6 Å². The molecule has 0 aliphatic rings. The maximum Gasteiger partial charge on any atom is 0.416 e. The third kappa shape index (κ3) is 3.56. The molecule has 0 amide bonds. The highest BCUT2D eigenvalue weighted by atomic mass is 35.5. The van der Waals surface area contributed by atoms with E-state index in [0.29, 0.717) is 10.5 Å². The number of alkyl halides is 3. The van der Waals surface area contributed by atoms with Gasteiger partial charge in [0.05, 0.1) is 29.3 Å². The van der Waals surface area contributed by atoms with Crippen molar-refractivity contribution >= 4 is 28.3 Å². The maximum absolute atomic E-state index is 12.7. The first kappa shape index (κ1) is 17.2. The highest BCUT2D eigenvalue weighted by molar-refractivity contribution is 6.31. The number of halogens is 4. The molecule has 4 nitrogen and oxygen atoms in total. The molecule has 0 spiro atoms. The van der Waals surface area contributed by atoms with Crippen molar-refractivity contribution in [2.24, 2.45) is 0 Å². The van der Waals surface area contributed by atoms with Crippen molar-refractivity contribution in [1.82, 2.24) is 9.55 Å². The summed E-state index contributed by atoms with van der Waals surface area (Å²) in [6, 6.07) is 8.59. The first-order valence-corrected chi connectivity index (χ1v) is 7.48. The molecule has 0 bridgehead atoms. The van der Waals surface area contributed by atoms with E-state index in [-0.39, 0.29) is 10.9 Å². The molecule has 3 aromatic rings. The van der Waals surface area contributed by atoms with Crippen LogP contribution in [0.3, 0.4) is 0 Å². The number of aromatic nitrogens is 2. The molecular weight excluding hydrogens is 357 g/mol. The van der Waals surface area contributed by atoms with Crippen LogP contribution < -0.4 is 5.56 Å². The number of carbonyl (C=O) groups excluding carboxylic acids is 1. The summed E-state index contributed by atoms with van der Waals surface area (Å²) in [5.41, 5.74) is -1.14. The zero-order valence-corrected chi connectivity index (χ0v) is 13.3. The highest BCUT2D eigenvalue weighted by Crippen LogP contribution is 2.29. The van der Waals surface area contributed by atoms with E-state index in [9.17, 15) is 22.8 Å². The van der Waals surface area contributed by atoms with E-state index in [1.807, 2.05) is 0 Å². The summed E-state index contributed by atoms with van der Waals surface area (Å²) in [6.07, 6.45) is -3.37. The molecule has 0 saturated carbocycles. The van der Waals surface area contributed by atoms with Crippen LogP contribution in [-0.2, 0) is 12.7 Å². The minimum Gasteiger partial charge on any atom is -0.292 e. The van der Waals surface area contributed by atoms with Crippen LogP contribution in [0.5, 0.6) is 0 Å². The average molecular weight is 367 g/mol. The second-order valence-electron chi connectivity index (χ2n) is 5.34. The monoisotopic (exact) mass is 366 g/mol. The molecule has 8 heteroatoms. The van der Waals surface area contributed by atoms with Crippen molar-refractivity contribution in [3.63, 3.8) is 0 Å². The van der Waals surface area contributed by atoms with Gasteiger partial charge in [-0.3, -0.25) is 14.2 Å². The Bertz CT molecular complexity index is 1030. The molecule has 1 aromatic heterocycles. The van der Waals surface area contributed by atoms with E-state index in [1.165, 1.54) is 30.6 Å². The largest absolute Gasteiger partial charge is 0.416 e. The predicted octanol–water partition coefficient (Wildman–Crippen LogP) is 3.95. The van der Waals surface area contributed by atoms with Crippen molar-refractivity contribution in [2.75, 3.05) is 0 Å². The van der Waals surface area contributed by atoms with Gasteiger partial charge < -0.3 is 0 Å². The average Bonchev–Trinajstić information content (AvgIpc) is 2.56. The van der Waals surface area contributed by atoms with Crippen molar-refractivity contribution in [1.29, 1.82) is 0 Å². The topological polar surface area (TPSA) is 52.0 Å². The van der Waals surface area contributed by atoms with Gasteiger partial charge in [0.1, 0.15) is 0 Å². The summed E-state index contributed by atoms with van der Waals surface area (Å²) in [7, 11) is 0. The maximum atomic E-state index is 12.7. The Hall–Kier alpha value is -2.67. The van der Waals surface area contributed by atoms with Gasteiger partial charge in [-0.25, -0.2) is 4.98 Å². The Kier molecular flexibility index (Phi) is 4.34. The van der Waals surface area contributed by atoms with Gasteiger partial charge in [0.15, 0.2) is 5.78 Å². The summed E-state index contributed by atoms with van der Waals surface area (Å²) in [5, 5.41) is 0.681. The molecule has 0 fully saturated rings. The van der Waals surface area contributed by atoms with Crippen LogP contribution in [0.4, 0.5) is 13.2 Å². The third-order valence-electron chi connectivity index (χ3n) is 3.61. The van der Waals surface area contributed by atoms with Crippen LogP contribution in [0, 0.1) is 0 Å². The van der Waals surface area contributed by atoms with Crippen LogP contribution in [0.1, 0.15) is 15.9 Å². The smallest absolute Gasteiger partial charge is 0.292 e. The molecule has 0 aliphatic carbocycles. The molecule has 25 heavy (non-hydrogen) atoms. The van der Waals surface area contributed by atoms with Gasteiger partial charge in [0.25, 0.3) is 5.56 Å². The van der Waals surface area contributed by atoms with Gasteiger partial charge >= 0.3 is 6.18 Å². The van der Waals surface area contributed by atoms with Crippen LogP contribution in [0.25, 0.3) is 10.9 Å². The van der Waals surface area contributed by atoms with Gasteiger partial charge in [0.2, 0.25) is 0 Å². The summed E-state index contributed by atoms with van der Waals surface area (Å²) in [4.78, 5) is 28.7. The molecule has 0 atom stereocenters. The highest BCUT2D eigenvalue weighted by Gasteiger charge is 2.30. The molecule has 1 heterocycles. The number of Topliss-reactive ketones (excluding diaryl/α,β-unsaturated/α-hetero) is 1. The molecule has 0 radical (unpaired) electrons. The summed E-state index contributed by atoms with van der Waals surface area (Å²) in [5.74, 6) is -0.622. The number of ketones is 1. The van der Waals surface area contributed by atoms with Crippen LogP contribution in [-0.4, -0.2) is 15.3 Å². The molecular formula is C17H10ClF3N2O2. The molecule has 0 unspecified atom stereocenters. The Morgan fingerprint density at radius 1 is 1.16 bits per heavy atom. The van der Waals surface area contributed by atoms with Gasteiger partial charge in [-0.15, -0.1) is 0 Å². The lowest BCUT2D eigenvalue weighted by Crippen LogP contribution is -2.24. The van der Waals surface area contributed by atoms with Crippen LogP contribution in [0.2, 0.25) is 5.02 Å². The van der Waals surface area contributed by atoms with Crippen LogP contribution in [0.15, 0.2) is 53.6 Å². The van der Waals surface area contributed by atoms with E-state index in [2.05, 4.69) is 4.98 Å². The van der Waals surface area contributed by atoms with Gasteiger partial charge in [-0.2, -0.15) is 13.2 Å². The zero-order valence-electron chi connectivity index (χ0n) is 12.5. The molecule has 0 saturated heterocycles. The number of hydrogen-bond acceptors (Lipinski definition) is 3. The number of benzene rings is 2. The Balaban J connectivity index is 1.94. The predicted molar refractivity (Wildman–Crippen MR) is 86.8 cm³/mol. The van der Waals surface area contributed by atoms with Crippen LogP contribution >= 0.6 is 11.6 Å². The van der Waals surface area contributed by atoms with Crippen molar-refractivity contribution in [2.45, 2.75) is 12.7 Å². The minimum absolute atomic E-state index is 0.127. The Morgan fingerprint density at radius 2 is 1.92 bits per heavy atom. The van der Waals surface area contributed by atoms with Crippen molar-refractivity contribution in [3.05, 3.63) is 75.3 Å². The first-order chi connectivity index (χ1) is 11.8. The SMILES string of the molecule is O=C(Cn1cnc2cc(Cl)ccc2c1=O)c1cccc(C(F)(F)F)c1. The summed E-state index contributed by atoms with van der Waals surface area (Å²) in [6.45, 7) is -0.411. The lowest BCUT2D eigenvalue weighted by molar-refractivity contribution is -0.137. The standard InChI is InChI=1S/C17H10ClF3N2O2/c18-12-4-5-13-14(7-12)22-9-23(16(13)25)8-15(24)10-2-1-3-11(6-10)17(19,20)21/h1-7,9H,8H2. The Labute approximate surface area is 144 Å². The van der Waals surface area contributed by atoms with E-state index in [4.69, 9.17) is 11.6 Å². The van der Waals surface area contributed by atoms with Crippen molar-refractivity contribution in [3.8, 4) is 0 Å². The zero-order chi connectivity index (χ0) is 18.2. The fraction of sp³-hybridized carbons (Fsp3) is 0.118. The quantitative estimate of drug-likeness (QED) is 0.659. The molecule has 3 rings (SSSR count). The van der Waals surface area contributed by atoms with E-state index >= 15 is 0 Å². The lowest BCUT2D eigenvalue weighted by atomic mass is 10.1. The fourth-order valence-electron chi connectivity index (χ4n) is 2.36. The second kappa shape index (κ2) is 6.33. The lowest BCUT2D eigenvalue weighted by Gasteiger charge is -2.09. The third-order valence-corrected chi connectivity index (χ3v) is 3.85. The van der Waals surface area contributed by atoms with Crippen molar-refractivity contribution < 1.29 is 18.0 Å². The normalized spacial score (nSPS) is 11.7. The summed E-state index contributed by atoms with van der Waals surface area (Å²) < 4.78 is 39.3. The molecule has 0 aliphatic heterocycles. The van der Waals surface area contributed by atoms with E-state index in [1.54, 1.807) is 0 Å². The number of rotatable bonds is 3. The van der Waals surface area contributed by atoms with Gasteiger partial charge in [-0.1, -0.05) is 23.7 Å². The second-order valence-corrected chi connectivity index (χ2v) is 5.78. The first-order valence-electron chi connectivity index (χ1n) is 7.11. The summed E-state index contributed by atoms with van der Waals surface area (Å²) >= 11 is 5.83. The van der Waals surface area contributed by atoms with E-state index in [0.717, 1.165) is 22.8 Å². The van der Waals surface area contributed by atoms with Gasteiger partial charge in [-0.05, 0) is 30.3 Å². The number of carbonyl (C=O) groups is 1. The Morgan fingerprint density at radius 3 is 2.64 bits per heavy atom. The van der Waals surface area contributed by atoms with Gasteiger partial charge in [0, 0.05) is 10.6 Å². The number of fused-ring (bicyclic) bond motifs is 1. The molecule has 128 valence electrons. The molecule has 0 N–H and O–H groups in total.